The number of pyridine rings is 1. The van der Waals surface area contributed by atoms with Gasteiger partial charge in [-0.15, -0.1) is 0 Å². The van der Waals surface area contributed by atoms with Crippen molar-refractivity contribution < 1.29 is 14.1 Å². The molecule has 1 aromatic carbocycles. The van der Waals surface area contributed by atoms with Gasteiger partial charge in [-0.05, 0) is 42.2 Å². The summed E-state index contributed by atoms with van der Waals surface area (Å²) < 4.78 is 10.5. The maximum absolute atomic E-state index is 12.2. The van der Waals surface area contributed by atoms with Crippen LogP contribution in [0.3, 0.4) is 0 Å². The average Bonchev–Trinajstić information content (AvgIpc) is 3.36. The number of anilines is 1. The summed E-state index contributed by atoms with van der Waals surface area (Å²) in [6.07, 6.45) is 3.19. The van der Waals surface area contributed by atoms with Crippen LogP contribution in [0.5, 0.6) is 0 Å². The quantitative estimate of drug-likeness (QED) is 0.705. The summed E-state index contributed by atoms with van der Waals surface area (Å²) in [6, 6.07) is 10.1. The van der Waals surface area contributed by atoms with E-state index in [1.54, 1.807) is 11.8 Å². The number of rotatable bonds is 3. The first-order chi connectivity index (χ1) is 13.1. The summed E-state index contributed by atoms with van der Waals surface area (Å²) in [5.41, 5.74) is 4.87. The maximum Gasteiger partial charge on any atom is 0.415 e. The SMILES string of the molecule is CC[C@@H]1OC(=O)N2c3ccc(-c4ccc(-c5noc(C)n5)nc4)cc3C[C@@H]12. The van der Waals surface area contributed by atoms with Gasteiger partial charge in [-0.25, -0.2) is 4.79 Å². The maximum atomic E-state index is 12.2. The molecule has 7 nitrogen and oxygen atoms in total. The van der Waals surface area contributed by atoms with E-state index in [9.17, 15) is 4.79 Å². The van der Waals surface area contributed by atoms with Crippen LogP contribution in [0, 0.1) is 6.92 Å². The molecule has 27 heavy (non-hydrogen) atoms. The van der Waals surface area contributed by atoms with E-state index < -0.39 is 0 Å². The van der Waals surface area contributed by atoms with Crippen molar-refractivity contribution >= 4 is 11.8 Å². The second-order valence-corrected chi connectivity index (χ2v) is 6.88. The van der Waals surface area contributed by atoms with Gasteiger partial charge in [0.15, 0.2) is 0 Å². The lowest BCUT2D eigenvalue weighted by molar-refractivity contribution is 0.129. The molecule has 0 saturated carbocycles. The third-order valence-electron chi connectivity index (χ3n) is 5.23. The Balaban J connectivity index is 1.45. The van der Waals surface area contributed by atoms with Crippen LogP contribution in [0.15, 0.2) is 41.1 Å². The van der Waals surface area contributed by atoms with E-state index in [0.717, 1.165) is 29.7 Å². The Kier molecular flexibility index (Phi) is 3.50. The van der Waals surface area contributed by atoms with Crippen LogP contribution in [0.4, 0.5) is 10.5 Å². The molecule has 1 amide bonds. The summed E-state index contributed by atoms with van der Waals surface area (Å²) in [7, 11) is 0. The molecule has 0 N–H and O–H groups in total. The van der Waals surface area contributed by atoms with Gasteiger partial charge in [-0.3, -0.25) is 9.88 Å². The van der Waals surface area contributed by atoms with E-state index in [0.29, 0.717) is 17.4 Å². The number of aromatic nitrogens is 3. The molecule has 0 bridgehead atoms. The standard InChI is InChI=1S/C20H18N4O3/c1-3-18-17-9-14-8-12(5-7-16(14)24(17)20(25)26-18)13-4-6-15(21-10-13)19-22-11(2)27-23-19/h4-8,10,17-18H,3,9H2,1-2H3/t17-,18-/m0/s1. The minimum absolute atomic E-state index is 0.0345. The molecular formula is C20H18N4O3. The second-order valence-electron chi connectivity index (χ2n) is 6.88. The van der Waals surface area contributed by atoms with E-state index in [-0.39, 0.29) is 18.2 Å². The topological polar surface area (TPSA) is 81.4 Å². The highest BCUT2D eigenvalue weighted by molar-refractivity contribution is 5.94. The molecule has 7 heteroatoms. The predicted octanol–water partition coefficient (Wildman–Crippen LogP) is 3.77. The number of carbonyl (C=O) groups excluding carboxylic acids is 1. The van der Waals surface area contributed by atoms with Crippen LogP contribution in [-0.4, -0.2) is 33.4 Å². The highest BCUT2D eigenvalue weighted by Crippen LogP contribution is 2.41. The third-order valence-corrected chi connectivity index (χ3v) is 5.23. The van der Waals surface area contributed by atoms with Crippen molar-refractivity contribution in [1.82, 2.24) is 15.1 Å². The molecule has 2 atom stereocenters. The summed E-state index contributed by atoms with van der Waals surface area (Å²) >= 11 is 0. The first-order valence-electron chi connectivity index (χ1n) is 9.04. The van der Waals surface area contributed by atoms with Crippen LogP contribution < -0.4 is 4.90 Å². The fourth-order valence-electron chi connectivity index (χ4n) is 3.91. The number of nitrogens with zero attached hydrogens (tertiary/aromatic N) is 4. The van der Waals surface area contributed by atoms with Crippen molar-refractivity contribution in [3.8, 4) is 22.6 Å². The van der Waals surface area contributed by atoms with Crippen molar-refractivity contribution in [1.29, 1.82) is 0 Å². The van der Waals surface area contributed by atoms with Crippen molar-refractivity contribution in [3.05, 3.63) is 48.0 Å². The molecule has 3 aromatic rings. The Bertz CT molecular complexity index is 1030. The largest absolute Gasteiger partial charge is 0.444 e. The molecule has 4 heterocycles. The second kappa shape index (κ2) is 5.90. The number of hydrogen-bond acceptors (Lipinski definition) is 6. The molecule has 5 rings (SSSR count). The molecule has 136 valence electrons. The molecule has 1 fully saturated rings. The minimum atomic E-state index is -0.236. The molecule has 0 spiro atoms. The monoisotopic (exact) mass is 362 g/mol. The summed E-state index contributed by atoms with van der Waals surface area (Å²) in [6.45, 7) is 3.80. The fourth-order valence-corrected chi connectivity index (χ4v) is 3.91. The number of aryl methyl sites for hydroxylation is 1. The van der Waals surface area contributed by atoms with Gasteiger partial charge in [0.2, 0.25) is 11.7 Å². The number of cyclic esters (lactones) is 1. The minimum Gasteiger partial charge on any atom is -0.444 e. The van der Waals surface area contributed by atoms with Gasteiger partial charge in [-0.1, -0.05) is 24.2 Å². The molecule has 0 unspecified atom stereocenters. The number of ether oxygens (including phenoxy) is 1. The van der Waals surface area contributed by atoms with Crippen LogP contribution in [0.1, 0.15) is 24.8 Å². The highest BCUT2D eigenvalue weighted by Gasteiger charge is 2.46. The van der Waals surface area contributed by atoms with Crippen molar-refractivity contribution in [2.24, 2.45) is 0 Å². The Hall–Kier alpha value is -3.22. The number of hydrogen-bond donors (Lipinski definition) is 0. The van der Waals surface area contributed by atoms with E-state index >= 15 is 0 Å². The van der Waals surface area contributed by atoms with Crippen molar-refractivity contribution in [3.63, 3.8) is 0 Å². The van der Waals surface area contributed by atoms with Gasteiger partial charge >= 0.3 is 6.09 Å². The molecule has 2 aliphatic heterocycles. The third kappa shape index (κ3) is 2.50. The van der Waals surface area contributed by atoms with Crippen molar-refractivity contribution in [2.45, 2.75) is 38.8 Å². The first-order valence-corrected chi connectivity index (χ1v) is 9.04. The van der Waals surface area contributed by atoms with Gasteiger partial charge in [0.25, 0.3) is 0 Å². The number of fused-ring (bicyclic) bond motifs is 3. The average molecular weight is 362 g/mol. The van der Waals surface area contributed by atoms with E-state index in [1.807, 2.05) is 37.4 Å². The predicted molar refractivity (Wildman–Crippen MR) is 98.2 cm³/mol. The van der Waals surface area contributed by atoms with Gasteiger partial charge < -0.3 is 9.26 Å². The van der Waals surface area contributed by atoms with Gasteiger partial charge in [-0.2, -0.15) is 4.98 Å². The fraction of sp³-hybridized carbons (Fsp3) is 0.300. The Labute approximate surface area is 156 Å². The normalized spacial score (nSPS) is 20.5. The lowest BCUT2D eigenvalue weighted by Crippen LogP contribution is -2.32. The zero-order valence-corrected chi connectivity index (χ0v) is 15.0. The van der Waals surface area contributed by atoms with E-state index in [4.69, 9.17) is 9.26 Å². The highest BCUT2D eigenvalue weighted by atomic mass is 16.6. The van der Waals surface area contributed by atoms with Gasteiger partial charge in [0, 0.05) is 18.7 Å². The molecule has 0 radical (unpaired) electrons. The number of benzene rings is 1. The Morgan fingerprint density at radius 1 is 1.22 bits per heavy atom. The summed E-state index contributed by atoms with van der Waals surface area (Å²) in [5, 5.41) is 3.89. The number of amides is 1. The van der Waals surface area contributed by atoms with Crippen LogP contribution in [0.2, 0.25) is 0 Å². The molecule has 0 aliphatic carbocycles. The first kappa shape index (κ1) is 16.0. The Morgan fingerprint density at radius 3 is 2.78 bits per heavy atom. The lowest BCUT2D eigenvalue weighted by Gasteiger charge is -2.15. The molecule has 2 aliphatic rings. The molecule has 2 aromatic heterocycles. The lowest BCUT2D eigenvalue weighted by atomic mass is 10.00. The zero-order valence-electron chi connectivity index (χ0n) is 15.0. The van der Waals surface area contributed by atoms with Gasteiger partial charge in [0.1, 0.15) is 11.8 Å². The van der Waals surface area contributed by atoms with Crippen LogP contribution in [0.25, 0.3) is 22.6 Å². The number of carbonyl (C=O) groups is 1. The zero-order chi connectivity index (χ0) is 18.5. The molecular weight excluding hydrogens is 344 g/mol. The van der Waals surface area contributed by atoms with E-state index in [1.165, 1.54) is 5.56 Å². The van der Waals surface area contributed by atoms with E-state index in [2.05, 4.69) is 21.2 Å². The summed E-state index contributed by atoms with van der Waals surface area (Å²) in [4.78, 5) is 22.6. The van der Waals surface area contributed by atoms with Crippen LogP contribution >= 0.6 is 0 Å². The van der Waals surface area contributed by atoms with Gasteiger partial charge in [0.05, 0.1) is 11.7 Å². The Morgan fingerprint density at radius 2 is 2.07 bits per heavy atom. The molecule has 1 saturated heterocycles. The smallest absolute Gasteiger partial charge is 0.415 e. The summed E-state index contributed by atoms with van der Waals surface area (Å²) in [5.74, 6) is 0.997. The van der Waals surface area contributed by atoms with Crippen molar-refractivity contribution in [2.75, 3.05) is 4.90 Å². The van der Waals surface area contributed by atoms with Crippen LogP contribution in [-0.2, 0) is 11.2 Å².